The predicted octanol–water partition coefficient (Wildman–Crippen LogP) is 2.29. The number of likely N-dealkylation sites (N-methyl/N-ethyl adjacent to an activating group) is 1. The molecule has 0 aliphatic heterocycles. The Bertz CT molecular complexity index is 623. The van der Waals surface area contributed by atoms with Crippen molar-refractivity contribution in [2.75, 3.05) is 20.2 Å². The van der Waals surface area contributed by atoms with Gasteiger partial charge in [0.05, 0.1) is 5.56 Å². The maximum absolute atomic E-state index is 12.5. The highest BCUT2D eigenvalue weighted by molar-refractivity contribution is 6.14. The number of rotatable bonds is 6. The number of nitrogens with one attached hydrogen (secondary N) is 1. The van der Waals surface area contributed by atoms with Gasteiger partial charge in [0, 0.05) is 17.7 Å². The molecule has 0 spiro atoms. The molecule has 0 saturated carbocycles. The molecule has 2 rings (SSSR count). The standard InChI is InChI=1S/C17H17NO3/c1-18-11-12-21-17(20)15-10-6-5-9-14(15)16(19)13-7-3-2-4-8-13/h2-10,18H,11-12H2,1H3. The molecule has 0 aromatic heterocycles. The summed E-state index contributed by atoms with van der Waals surface area (Å²) in [4.78, 5) is 24.6. The maximum Gasteiger partial charge on any atom is 0.338 e. The van der Waals surface area contributed by atoms with Gasteiger partial charge in [-0.3, -0.25) is 4.79 Å². The molecule has 2 aromatic rings. The van der Waals surface area contributed by atoms with Crippen molar-refractivity contribution in [1.29, 1.82) is 0 Å². The zero-order chi connectivity index (χ0) is 15.1. The minimum atomic E-state index is -0.481. The highest BCUT2D eigenvalue weighted by atomic mass is 16.5. The lowest BCUT2D eigenvalue weighted by molar-refractivity contribution is 0.0508. The summed E-state index contributed by atoms with van der Waals surface area (Å²) in [6.45, 7) is 0.837. The van der Waals surface area contributed by atoms with E-state index in [2.05, 4.69) is 5.32 Å². The SMILES string of the molecule is CNCCOC(=O)c1ccccc1C(=O)c1ccccc1. The number of hydrogen-bond acceptors (Lipinski definition) is 4. The van der Waals surface area contributed by atoms with Crippen LogP contribution in [-0.4, -0.2) is 32.0 Å². The van der Waals surface area contributed by atoms with Gasteiger partial charge in [0.25, 0.3) is 0 Å². The summed E-state index contributed by atoms with van der Waals surface area (Å²) in [6.07, 6.45) is 0. The molecule has 0 unspecified atom stereocenters. The van der Waals surface area contributed by atoms with Crippen LogP contribution in [-0.2, 0) is 4.74 Å². The molecular weight excluding hydrogens is 266 g/mol. The van der Waals surface area contributed by atoms with Crippen molar-refractivity contribution in [1.82, 2.24) is 5.32 Å². The maximum atomic E-state index is 12.5. The highest BCUT2D eigenvalue weighted by Crippen LogP contribution is 2.15. The topological polar surface area (TPSA) is 55.4 Å². The average molecular weight is 283 g/mol. The molecule has 0 heterocycles. The molecule has 0 atom stereocenters. The number of ketones is 1. The van der Waals surface area contributed by atoms with Crippen molar-refractivity contribution >= 4 is 11.8 Å². The van der Waals surface area contributed by atoms with Gasteiger partial charge in [0.1, 0.15) is 6.61 Å². The van der Waals surface area contributed by atoms with E-state index in [4.69, 9.17) is 4.74 Å². The molecule has 0 radical (unpaired) electrons. The molecule has 0 bridgehead atoms. The van der Waals surface area contributed by atoms with Gasteiger partial charge in [-0.2, -0.15) is 0 Å². The van der Waals surface area contributed by atoms with Gasteiger partial charge in [-0.1, -0.05) is 48.5 Å². The van der Waals surface area contributed by atoms with Crippen LogP contribution in [0, 0.1) is 0 Å². The zero-order valence-electron chi connectivity index (χ0n) is 11.8. The number of ether oxygens (including phenoxy) is 1. The van der Waals surface area contributed by atoms with Gasteiger partial charge in [-0.15, -0.1) is 0 Å². The minimum absolute atomic E-state index is 0.184. The first kappa shape index (κ1) is 14.9. The summed E-state index contributed by atoms with van der Waals surface area (Å²) in [5.41, 5.74) is 1.20. The Kier molecular flexibility index (Phi) is 5.23. The summed E-state index contributed by atoms with van der Waals surface area (Å²) in [7, 11) is 1.78. The fourth-order valence-electron chi connectivity index (χ4n) is 1.93. The first-order valence-electron chi connectivity index (χ1n) is 6.74. The van der Waals surface area contributed by atoms with Crippen molar-refractivity contribution in [3.05, 3.63) is 71.3 Å². The summed E-state index contributed by atoms with van der Waals surface area (Å²) in [5, 5.41) is 2.89. The van der Waals surface area contributed by atoms with Crippen LogP contribution in [0.5, 0.6) is 0 Å². The largest absolute Gasteiger partial charge is 0.461 e. The molecule has 108 valence electrons. The highest BCUT2D eigenvalue weighted by Gasteiger charge is 2.18. The lowest BCUT2D eigenvalue weighted by Crippen LogP contribution is -2.19. The molecule has 4 heteroatoms. The summed E-state index contributed by atoms with van der Waals surface area (Å²) >= 11 is 0. The van der Waals surface area contributed by atoms with Gasteiger partial charge in [0.15, 0.2) is 5.78 Å². The van der Waals surface area contributed by atoms with Crippen molar-refractivity contribution in [2.24, 2.45) is 0 Å². The number of esters is 1. The van der Waals surface area contributed by atoms with Gasteiger partial charge in [-0.05, 0) is 13.1 Å². The van der Waals surface area contributed by atoms with E-state index < -0.39 is 5.97 Å². The Morgan fingerprint density at radius 2 is 1.57 bits per heavy atom. The van der Waals surface area contributed by atoms with E-state index >= 15 is 0 Å². The fraction of sp³-hybridized carbons (Fsp3) is 0.176. The van der Waals surface area contributed by atoms with Crippen LogP contribution in [0.1, 0.15) is 26.3 Å². The molecule has 0 aliphatic rings. The molecule has 4 nitrogen and oxygen atoms in total. The van der Waals surface area contributed by atoms with Crippen LogP contribution < -0.4 is 5.32 Å². The third-order valence-corrected chi connectivity index (χ3v) is 3.01. The van der Waals surface area contributed by atoms with Crippen molar-refractivity contribution in [3.8, 4) is 0 Å². The van der Waals surface area contributed by atoms with Crippen molar-refractivity contribution in [3.63, 3.8) is 0 Å². The first-order chi connectivity index (χ1) is 10.2. The third-order valence-electron chi connectivity index (χ3n) is 3.01. The van der Waals surface area contributed by atoms with Gasteiger partial charge >= 0.3 is 5.97 Å². The Hall–Kier alpha value is -2.46. The van der Waals surface area contributed by atoms with Gasteiger partial charge in [-0.25, -0.2) is 4.79 Å². The van der Waals surface area contributed by atoms with E-state index in [0.29, 0.717) is 23.2 Å². The lowest BCUT2D eigenvalue weighted by Gasteiger charge is -2.09. The molecular formula is C17H17NO3. The van der Waals surface area contributed by atoms with Crippen molar-refractivity contribution < 1.29 is 14.3 Å². The van der Waals surface area contributed by atoms with E-state index in [1.165, 1.54) is 0 Å². The van der Waals surface area contributed by atoms with Crippen LogP contribution >= 0.6 is 0 Å². The van der Waals surface area contributed by atoms with Crippen LogP contribution in [0.2, 0.25) is 0 Å². The monoisotopic (exact) mass is 283 g/mol. The number of hydrogen-bond donors (Lipinski definition) is 1. The second-order valence-corrected chi connectivity index (χ2v) is 4.48. The smallest absolute Gasteiger partial charge is 0.338 e. The van der Waals surface area contributed by atoms with E-state index in [1.54, 1.807) is 55.6 Å². The molecule has 0 saturated heterocycles. The second kappa shape index (κ2) is 7.36. The second-order valence-electron chi connectivity index (χ2n) is 4.48. The van der Waals surface area contributed by atoms with Crippen LogP contribution in [0.15, 0.2) is 54.6 Å². The number of benzene rings is 2. The van der Waals surface area contributed by atoms with E-state index in [1.807, 2.05) is 6.07 Å². The summed E-state index contributed by atoms with van der Waals surface area (Å²) in [6, 6.07) is 15.6. The molecule has 0 aliphatic carbocycles. The Balaban J connectivity index is 2.25. The quantitative estimate of drug-likeness (QED) is 0.502. The normalized spacial score (nSPS) is 10.1. The van der Waals surface area contributed by atoms with Crippen LogP contribution in [0.4, 0.5) is 0 Å². The summed E-state index contributed by atoms with van der Waals surface area (Å²) < 4.78 is 5.14. The minimum Gasteiger partial charge on any atom is -0.461 e. The molecule has 21 heavy (non-hydrogen) atoms. The third kappa shape index (κ3) is 3.77. The molecule has 0 fully saturated rings. The fourth-order valence-corrected chi connectivity index (χ4v) is 1.93. The lowest BCUT2D eigenvalue weighted by atomic mass is 9.98. The zero-order valence-corrected chi connectivity index (χ0v) is 11.8. The van der Waals surface area contributed by atoms with E-state index in [9.17, 15) is 9.59 Å². The molecule has 0 amide bonds. The predicted molar refractivity (Wildman–Crippen MR) is 80.5 cm³/mol. The summed E-state index contributed by atoms with van der Waals surface area (Å²) in [5.74, 6) is -0.665. The average Bonchev–Trinajstić information content (AvgIpc) is 2.55. The Morgan fingerprint density at radius 1 is 0.952 bits per heavy atom. The number of carbonyl (C=O) groups excluding carboxylic acids is 2. The first-order valence-corrected chi connectivity index (χ1v) is 6.74. The molecule has 2 aromatic carbocycles. The number of carbonyl (C=O) groups is 2. The van der Waals surface area contributed by atoms with Gasteiger partial charge in [0.2, 0.25) is 0 Å². The van der Waals surface area contributed by atoms with Crippen molar-refractivity contribution in [2.45, 2.75) is 0 Å². The Morgan fingerprint density at radius 3 is 2.24 bits per heavy atom. The van der Waals surface area contributed by atoms with Crippen LogP contribution in [0.25, 0.3) is 0 Å². The van der Waals surface area contributed by atoms with E-state index in [0.717, 1.165) is 0 Å². The van der Waals surface area contributed by atoms with Crippen LogP contribution in [0.3, 0.4) is 0 Å². The molecule has 1 N–H and O–H groups in total. The van der Waals surface area contributed by atoms with E-state index in [-0.39, 0.29) is 12.4 Å². The van der Waals surface area contributed by atoms with Gasteiger partial charge < -0.3 is 10.1 Å². The Labute approximate surface area is 123 Å².